The highest BCUT2D eigenvalue weighted by Crippen LogP contribution is 2.24. The highest BCUT2D eigenvalue weighted by Gasteiger charge is 2.21. The van der Waals surface area contributed by atoms with Gasteiger partial charge in [-0.05, 0) is 30.2 Å². The summed E-state index contributed by atoms with van der Waals surface area (Å²) in [5.41, 5.74) is 5.53. The number of amides is 1. The van der Waals surface area contributed by atoms with E-state index in [1.165, 1.54) is 0 Å². The molecule has 0 saturated carbocycles. The van der Waals surface area contributed by atoms with Crippen LogP contribution in [0.1, 0.15) is 13.8 Å². The molecule has 0 heterocycles. The van der Waals surface area contributed by atoms with E-state index in [1.54, 1.807) is 30.1 Å². The molecule has 0 aliphatic heterocycles. The Hall–Kier alpha value is -0.970. The molecule has 4 nitrogen and oxygen atoms in total. The van der Waals surface area contributed by atoms with E-state index in [9.17, 15) is 4.79 Å². The minimum Gasteiger partial charge on any atom is -0.484 e. The maximum absolute atomic E-state index is 12.0. The monoisotopic (exact) mass is 318 g/mol. The zero-order valence-electron chi connectivity index (χ0n) is 12.0. The predicted molar refractivity (Wildman–Crippen MR) is 82.4 cm³/mol. The first-order valence-corrected chi connectivity index (χ1v) is 7.02. The lowest BCUT2D eigenvalue weighted by molar-refractivity contribution is -0.133. The largest absolute Gasteiger partial charge is 0.484 e. The first-order chi connectivity index (χ1) is 9.23. The van der Waals surface area contributed by atoms with Crippen LogP contribution in [-0.2, 0) is 4.79 Å². The molecule has 0 atom stereocenters. The third-order valence-electron chi connectivity index (χ3n) is 2.84. The van der Waals surface area contributed by atoms with E-state index in [0.29, 0.717) is 28.9 Å². The van der Waals surface area contributed by atoms with Gasteiger partial charge in [0.05, 0.1) is 0 Å². The summed E-state index contributed by atoms with van der Waals surface area (Å²) in [5, 5.41) is 0.940. The van der Waals surface area contributed by atoms with Crippen LogP contribution in [-0.4, -0.2) is 37.6 Å². The third kappa shape index (κ3) is 5.57. The Morgan fingerprint density at radius 2 is 1.85 bits per heavy atom. The van der Waals surface area contributed by atoms with Crippen LogP contribution in [0, 0.1) is 5.41 Å². The Balaban J connectivity index is 2.54. The molecular formula is C14H20Cl2N2O2. The minimum absolute atomic E-state index is 0.0617. The van der Waals surface area contributed by atoms with Crippen LogP contribution in [0.4, 0.5) is 0 Å². The second-order valence-electron chi connectivity index (χ2n) is 5.51. The quantitative estimate of drug-likeness (QED) is 0.877. The lowest BCUT2D eigenvalue weighted by atomic mass is 9.93. The third-order valence-corrected chi connectivity index (χ3v) is 3.28. The molecule has 0 aromatic heterocycles. The maximum atomic E-state index is 12.0. The standard InChI is InChI=1S/C14H20Cl2N2O2/c1-14(2,8-17)9-18(3)13(19)7-20-12-5-10(15)4-11(16)6-12/h4-6H,7-9,17H2,1-3H3. The van der Waals surface area contributed by atoms with E-state index in [2.05, 4.69) is 0 Å². The first kappa shape index (κ1) is 17.1. The zero-order valence-corrected chi connectivity index (χ0v) is 13.5. The number of likely N-dealkylation sites (N-methyl/N-ethyl adjacent to an activating group) is 1. The Labute approximate surface area is 129 Å². The van der Waals surface area contributed by atoms with Crippen molar-refractivity contribution in [3.63, 3.8) is 0 Å². The summed E-state index contributed by atoms with van der Waals surface area (Å²) in [6.07, 6.45) is 0. The van der Waals surface area contributed by atoms with Gasteiger partial charge in [-0.2, -0.15) is 0 Å². The summed E-state index contributed by atoms with van der Waals surface area (Å²) >= 11 is 11.7. The average Bonchev–Trinajstić information content (AvgIpc) is 2.34. The van der Waals surface area contributed by atoms with Crippen LogP contribution in [0.15, 0.2) is 18.2 Å². The van der Waals surface area contributed by atoms with Crippen molar-refractivity contribution in [1.29, 1.82) is 0 Å². The van der Waals surface area contributed by atoms with Crippen LogP contribution in [0.2, 0.25) is 10.0 Å². The van der Waals surface area contributed by atoms with Gasteiger partial charge in [0.2, 0.25) is 0 Å². The van der Waals surface area contributed by atoms with E-state index in [4.69, 9.17) is 33.7 Å². The molecule has 0 aliphatic carbocycles. The van der Waals surface area contributed by atoms with Crippen molar-refractivity contribution in [2.24, 2.45) is 11.1 Å². The smallest absolute Gasteiger partial charge is 0.260 e. The molecule has 1 rings (SSSR count). The molecular weight excluding hydrogens is 299 g/mol. The van der Waals surface area contributed by atoms with Crippen LogP contribution in [0.25, 0.3) is 0 Å². The van der Waals surface area contributed by atoms with E-state index in [1.807, 2.05) is 13.8 Å². The summed E-state index contributed by atoms with van der Waals surface area (Å²) in [6, 6.07) is 4.84. The van der Waals surface area contributed by atoms with Crippen molar-refractivity contribution in [2.45, 2.75) is 13.8 Å². The topological polar surface area (TPSA) is 55.6 Å². The fourth-order valence-electron chi connectivity index (χ4n) is 1.66. The SMILES string of the molecule is CN(CC(C)(C)CN)C(=O)COc1cc(Cl)cc(Cl)c1. The molecule has 0 unspecified atom stereocenters. The predicted octanol–water partition coefficient (Wildman–Crippen LogP) is 2.82. The summed E-state index contributed by atoms with van der Waals surface area (Å²) in [4.78, 5) is 13.6. The molecule has 0 radical (unpaired) electrons. The summed E-state index contributed by atoms with van der Waals surface area (Å²) in [7, 11) is 1.73. The molecule has 112 valence electrons. The number of hydrogen-bond donors (Lipinski definition) is 1. The van der Waals surface area contributed by atoms with Crippen molar-refractivity contribution in [3.05, 3.63) is 28.2 Å². The lowest BCUT2D eigenvalue weighted by Gasteiger charge is -2.29. The lowest BCUT2D eigenvalue weighted by Crippen LogP contribution is -2.41. The number of rotatable bonds is 6. The van der Waals surface area contributed by atoms with E-state index < -0.39 is 0 Å². The Bertz CT molecular complexity index is 458. The minimum atomic E-state index is -0.123. The van der Waals surface area contributed by atoms with Gasteiger partial charge >= 0.3 is 0 Å². The van der Waals surface area contributed by atoms with Gasteiger partial charge < -0.3 is 15.4 Å². The van der Waals surface area contributed by atoms with Gasteiger partial charge in [-0.1, -0.05) is 37.0 Å². The van der Waals surface area contributed by atoms with Gasteiger partial charge in [-0.15, -0.1) is 0 Å². The molecule has 20 heavy (non-hydrogen) atoms. The average molecular weight is 319 g/mol. The number of nitrogens with zero attached hydrogens (tertiary/aromatic N) is 1. The molecule has 0 saturated heterocycles. The molecule has 0 bridgehead atoms. The Kier molecular flexibility index (Phi) is 6.11. The number of benzene rings is 1. The summed E-state index contributed by atoms with van der Waals surface area (Å²) in [5.74, 6) is 0.352. The van der Waals surface area contributed by atoms with Crippen LogP contribution in [0.5, 0.6) is 5.75 Å². The van der Waals surface area contributed by atoms with Gasteiger partial charge in [-0.3, -0.25) is 4.79 Å². The zero-order chi connectivity index (χ0) is 15.3. The van der Waals surface area contributed by atoms with E-state index in [0.717, 1.165) is 0 Å². The van der Waals surface area contributed by atoms with Gasteiger partial charge in [0, 0.05) is 23.6 Å². The fourth-order valence-corrected chi connectivity index (χ4v) is 2.17. The van der Waals surface area contributed by atoms with Crippen molar-refractivity contribution in [3.8, 4) is 5.75 Å². The first-order valence-electron chi connectivity index (χ1n) is 6.26. The van der Waals surface area contributed by atoms with Gasteiger partial charge in [0.25, 0.3) is 5.91 Å². The molecule has 0 aliphatic rings. The Morgan fingerprint density at radius 3 is 2.35 bits per heavy atom. The molecule has 1 aromatic rings. The normalized spacial score (nSPS) is 11.3. The van der Waals surface area contributed by atoms with Crippen LogP contribution in [0.3, 0.4) is 0 Å². The fraction of sp³-hybridized carbons (Fsp3) is 0.500. The molecule has 0 fully saturated rings. The highest BCUT2D eigenvalue weighted by molar-refractivity contribution is 6.34. The van der Waals surface area contributed by atoms with Crippen molar-refractivity contribution >= 4 is 29.1 Å². The second kappa shape index (κ2) is 7.16. The second-order valence-corrected chi connectivity index (χ2v) is 6.38. The van der Waals surface area contributed by atoms with Gasteiger partial charge in [0.1, 0.15) is 5.75 Å². The molecule has 1 aromatic carbocycles. The molecule has 0 spiro atoms. The summed E-state index contributed by atoms with van der Waals surface area (Å²) in [6.45, 7) is 5.04. The van der Waals surface area contributed by atoms with Gasteiger partial charge in [-0.25, -0.2) is 0 Å². The number of halogens is 2. The van der Waals surface area contributed by atoms with Crippen LogP contribution >= 0.6 is 23.2 Å². The summed E-state index contributed by atoms with van der Waals surface area (Å²) < 4.78 is 5.41. The van der Waals surface area contributed by atoms with Crippen LogP contribution < -0.4 is 10.5 Å². The molecule has 6 heteroatoms. The number of nitrogens with two attached hydrogens (primary N) is 1. The number of hydrogen-bond acceptors (Lipinski definition) is 3. The maximum Gasteiger partial charge on any atom is 0.260 e. The Morgan fingerprint density at radius 1 is 1.30 bits per heavy atom. The molecule has 1 amide bonds. The van der Waals surface area contributed by atoms with E-state index in [-0.39, 0.29) is 17.9 Å². The van der Waals surface area contributed by atoms with Crippen molar-refractivity contribution in [1.82, 2.24) is 4.90 Å². The number of carbonyl (C=O) groups is 1. The van der Waals surface area contributed by atoms with Gasteiger partial charge in [0.15, 0.2) is 6.61 Å². The highest BCUT2D eigenvalue weighted by atomic mass is 35.5. The number of carbonyl (C=O) groups excluding carboxylic acids is 1. The number of ether oxygens (including phenoxy) is 1. The van der Waals surface area contributed by atoms with Crippen molar-refractivity contribution in [2.75, 3.05) is 26.7 Å². The van der Waals surface area contributed by atoms with E-state index >= 15 is 0 Å². The van der Waals surface area contributed by atoms with Crippen molar-refractivity contribution < 1.29 is 9.53 Å². The molecule has 2 N–H and O–H groups in total.